The van der Waals surface area contributed by atoms with E-state index in [9.17, 15) is 9.59 Å². The SMILES string of the molecule is NCC1CCN(C(=O)c2ccc(C(=O)O)cn2)C1. The fraction of sp³-hybridized carbons (Fsp3) is 0.417. The molecule has 1 unspecified atom stereocenters. The van der Waals surface area contributed by atoms with Crippen LogP contribution in [-0.2, 0) is 0 Å². The van der Waals surface area contributed by atoms with Crippen molar-refractivity contribution in [2.75, 3.05) is 19.6 Å². The summed E-state index contributed by atoms with van der Waals surface area (Å²) >= 11 is 0. The standard InChI is InChI=1S/C12H15N3O3/c13-5-8-3-4-15(7-8)11(16)10-2-1-9(6-14-10)12(17)18/h1-2,6,8H,3-5,7,13H2,(H,17,18). The molecule has 18 heavy (non-hydrogen) atoms. The number of carboxylic acids is 1. The minimum Gasteiger partial charge on any atom is -0.478 e. The highest BCUT2D eigenvalue weighted by molar-refractivity contribution is 5.93. The molecule has 1 atom stereocenters. The van der Waals surface area contributed by atoms with Crippen LogP contribution in [0.2, 0.25) is 0 Å². The number of nitrogens with zero attached hydrogens (tertiary/aromatic N) is 2. The number of aromatic nitrogens is 1. The topological polar surface area (TPSA) is 96.5 Å². The van der Waals surface area contributed by atoms with Crippen molar-refractivity contribution in [2.24, 2.45) is 11.7 Å². The van der Waals surface area contributed by atoms with Crippen molar-refractivity contribution in [2.45, 2.75) is 6.42 Å². The van der Waals surface area contributed by atoms with Gasteiger partial charge in [0.25, 0.3) is 5.91 Å². The first-order valence-corrected chi connectivity index (χ1v) is 5.80. The number of hydrogen-bond acceptors (Lipinski definition) is 4. The molecule has 6 nitrogen and oxygen atoms in total. The van der Waals surface area contributed by atoms with Gasteiger partial charge in [-0.15, -0.1) is 0 Å². The van der Waals surface area contributed by atoms with E-state index in [1.54, 1.807) is 4.90 Å². The first-order chi connectivity index (χ1) is 8.61. The van der Waals surface area contributed by atoms with Crippen LogP contribution in [0.5, 0.6) is 0 Å². The van der Waals surface area contributed by atoms with Crippen LogP contribution in [0.4, 0.5) is 0 Å². The molecule has 6 heteroatoms. The van der Waals surface area contributed by atoms with Crippen LogP contribution < -0.4 is 5.73 Å². The third-order valence-corrected chi connectivity index (χ3v) is 3.14. The summed E-state index contributed by atoms with van der Waals surface area (Å²) in [5, 5.41) is 8.74. The van der Waals surface area contributed by atoms with Gasteiger partial charge in [-0.25, -0.2) is 4.79 Å². The van der Waals surface area contributed by atoms with Crippen LogP contribution in [0.3, 0.4) is 0 Å². The average Bonchev–Trinajstić information content (AvgIpc) is 2.86. The summed E-state index contributed by atoms with van der Waals surface area (Å²) in [5.41, 5.74) is 5.92. The Morgan fingerprint density at radius 2 is 2.28 bits per heavy atom. The second-order valence-corrected chi connectivity index (χ2v) is 4.38. The fourth-order valence-corrected chi connectivity index (χ4v) is 2.02. The molecule has 1 aliphatic heterocycles. The molecule has 0 aliphatic carbocycles. The summed E-state index contributed by atoms with van der Waals surface area (Å²) in [4.78, 5) is 28.3. The lowest BCUT2D eigenvalue weighted by molar-refractivity contribution is 0.0694. The highest BCUT2D eigenvalue weighted by Crippen LogP contribution is 2.17. The Morgan fingerprint density at radius 1 is 1.50 bits per heavy atom. The molecule has 96 valence electrons. The van der Waals surface area contributed by atoms with Gasteiger partial charge < -0.3 is 15.7 Å². The Balaban J connectivity index is 2.07. The van der Waals surface area contributed by atoms with Crippen LogP contribution in [0.1, 0.15) is 27.3 Å². The minimum atomic E-state index is -1.05. The van der Waals surface area contributed by atoms with E-state index in [0.29, 0.717) is 25.6 Å². The summed E-state index contributed by atoms with van der Waals surface area (Å²) in [6.07, 6.45) is 2.11. The molecule has 0 saturated carbocycles. The Bertz CT molecular complexity index is 458. The van der Waals surface area contributed by atoms with Gasteiger partial charge >= 0.3 is 5.97 Å². The van der Waals surface area contributed by atoms with E-state index in [1.807, 2.05) is 0 Å². The van der Waals surface area contributed by atoms with E-state index in [2.05, 4.69) is 4.98 Å². The second kappa shape index (κ2) is 5.14. The largest absolute Gasteiger partial charge is 0.478 e. The van der Waals surface area contributed by atoms with Crippen molar-refractivity contribution in [3.8, 4) is 0 Å². The lowest BCUT2D eigenvalue weighted by atomic mass is 10.1. The number of nitrogens with two attached hydrogens (primary N) is 1. The Hall–Kier alpha value is -1.95. The Morgan fingerprint density at radius 3 is 2.78 bits per heavy atom. The van der Waals surface area contributed by atoms with Crippen molar-refractivity contribution >= 4 is 11.9 Å². The first kappa shape index (κ1) is 12.5. The van der Waals surface area contributed by atoms with Gasteiger partial charge in [0.2, 0.25) is 0 Å². The molecule has 1 amide bonds. The normalized spacial score (nSPS) is 18.9. The number of hydrogen-bond donors (Lipinski definition) is 2. The first-order valence-electron chi connectivity index (χ1n) is 5.80. The molecule has 1 aromatic rings. The number of likely N-dealkylation sites (tertiary alicyclic amines) is 1. The number of carbonyl (C=O) groups excluding carboxylic acids is 1. The van der Waals surface area contributed by atoms with E-state index in [1.165, 1.54) is 18.3 Å². The average molecular weight is 249 g/mol. The molecule has 1 fully saturated rings. The van der Waals surface area contributed by atoms with Crippen molar-refractivity contribution < 1.29 is 14.7 Å². The summed E-state index contributed by atoms with van der Waals surface area (Å²) in [5.74, 6) is -0.860. The van der Waals surface area contributed by atoms with Crippen LogP contribution in [0.15, 0.2) is 18.3 Å². The molecular weight excluding hydrogens is 234 g/mol. The van der Waals surface area contributed by atoms with Gasteiger partial charge in [0, 0.05) is 19.3 Å². The lowest BCUT2D eigenvalue weighted by Gasteiger charge is -2.15. The highest BCUT2D eigenvalue weighted by atomic mass is 16.4. The number of aromatic carboxylic acids is 1. The third-order valence-electron chi connectivity index (χ3n) is 3.14. The third kappa shape index (κ3) is 2.48. The lowest BCUT2D eigenvalue weighted by Crippen LogP contribution is -2.30. The molecular formula is C12H15N3O3. The predicted molar refractivity (Wildman–Crippen MR) is 64.3 cm³/mol. The number of pyridine rings is 1. The molecule has 1 saturated heterocycles. The van der Waals surface area contributed by atoms with Crippen molar-refractivity contribution in [3.05, 3.63) is 29.6 Å². The Kier molecular flexibility index (Phi) is 3.57. The molecule has 2 heterocycles. The maximum Gasteiger partial charge on any atom is 0.337 e. The molecule has 1 aliphatic rings. The van der Waals surface area contributed by atoms with Crippen LogP contribution in [0, 0.1) is 5.92 Å². The number of amides is 1. The van der Waals surface area contributed by atoms with Gasteiger partial charge in [-0.2, -0.15) is 0 Å². The van der Waals surface area contributed by atoms with E-state index < -0.39 is 5.97 Å². The van der Waals surface area contributed by atoms with E-state index >= 15 is 0 Å². The zero-order chi connectivity index (χ0) is 13.1. The minimum absolute atomic E-state index is 0.0767. The summed E-state index contributed by atoms with van der Waals surface area (Å²) < 4.78 is 0. The van der Waals surface area contributed by atoms with Crippen LogP contribution in [0.25, 0.3) is 0 Å². The van der Waals surface area contributed by atoms with E-state index in [0.717, 1.165) is 6.42 Å². The molecule has 3 N–H and O–H groups in total. The fourth-order valence-electron chi connectivity index (χ4n) is 2.02. The number of carboxylic acid groups (broad SMARTS) is 1. The molecule has 0 spiro atoms. The van der Waals surface area contributed by atoms with Gasteiger partial charge in [-0.1, -0.05) is 0 Å². The Labute approximate surface area is 104 Å². The molecule has 2 rings (SSSR count). The van der Waals surface area contributed by atoms with E-state index in [4.69, 9.17) is 10.8 Å². The summed E-state index contributed by atoms with van der Waals surface area (Å²) in [7, 11) is 0. The van der Waals surface area contributed by atoms with Gasteiger partial charge in [0.15, 0.2) is 0 Å². The molecule has 0 bridgehead atoms. The second-order valence-electron chi connectivity index (χ2n) is 4.38. The van der Waals surface area contributed by atoms with Gasteiger partial charge in [0.1, 0.15) is 5.69 Å². The number of carbonyl (C=O) groups is 2. The van der Waals surface area contributed by atoms with Crippen LogP contribution >= 0.6 is 0 Å². The zero-order valence-electron chi connectivity index (χ0n) is 9.87. The highest BCUT2D eigenvalue weighted by Gasteiger charge is 2.26. The monoisotopic (exact) mass is 249 g/mol. The summed E-state index contributed by atoms with van der Waals surface area (Å²) in [6, 6.07) is 2.83. The van der Waals surface area contributed by atoms with Crippen molar-refractivity contribution in [1.29, 1.82) is 0 Å². The van der Waals surface area contributed by atoms with Crippen LogP contribution in [-0.4, -0.2) is 46.5 Å². The molecule has 0 radical (unpaired) electrons. The van der Waals surface area contributed by atoms with Gasteiger partial charge in [0.05, 0.1) is 5.56 Å². The molecule has 1 aromatic heterocycles. The maximum atomic E-state index is 12.1. The van der Waals surface area contributed by atoms with Gasteiger partial charge in [-0.05, 0) is 31.0 Å². The molecule has 0 aromatic carbocycles. The van der Waals surface area contributed by atoms with Crippen molar-refractivity contribution in [1.82, 2.24) is 9.88 Å². The van der Waals surface area contributed by atoms with E-state index in [-0.39, 0.29) is 17.2 Å². The van der Waals surface area contributed by atoms with Crippen molar-refractivity contribution in [3.63, 3.8) is 0 Å². The quantitative estimate of drug-likeness (QED) is 0.797. The zero-order valence-corrected chi connectivity index (χ0v) is 9.87. The smallest absolute Gasteiger partial charge is 0.337 e. The summed E-state index contributed by atoms with van der Waals surface area (Å²) in [6.45, 7) is 1.91. The number of rotatable bonds is 3. The predicted octanol–water partition coefficient (Wildman–Crippen LogP) is 0.201. The van der Waals surface area contributed by atoms with Gasteiger partial charge in [-0.3, -0.25) is 9.78 Å². The maximum absolute atomic E-state index is 12.1.